The number of carbonyl (C=O) groups is 2. The molecule has 0 unspecified atom stereocenters. The number of nitrogens with one attached hydrogen (secondary N) is 1. The highest BCUT2D eigenvalue weighted by atomic mass is 32.1. The van der Waals surface area contributed by atoms with Crippen LogP contribution < -0.4 is 10.1 Å². The predicted octanol–water partition coefficient (Wildman–Crippen LogP) is 4.01. The number of amides is 2. The van der Waals surface area contributed by atoms with Crippen LogP contribution in [0, 0.1) is 0 Å². The molecule has 1 aromatic heterocycles. The minimum absolute atomic E-state index is 0.0568. The third-order valence-electron chi connectivity index (χ3n) is 4.40. The maximum absolute atomic E-state index is 12.5. The average Bonchev–Trinajstić information content (AvgIpc) is 3.18. The van der Waals surface area contributed by atoms with Crippen LogP contribution in [-0.2, 0) is 22.6 Å². The maximum Gasteiger partial charge on any atom is 0.224 e. The molecule has 0 atom stereocenters. The molecule has 0 fully saturated rings. The minimum Gasteiger partial charge on any atom is -0.494 e. The lowest BCUT2D eigenvalue weighted by Crippen LogP contribution is -2.30. The SMILES string of the molecule is C=CCN(Cc1cccs1)C(=O)CCCOc1ccc2c(c1)CCC(=O)N2. The van der Waals surface area contributed by atoms with Gasteiger partial charge in [0.05, 0.1) is 13.2 Å². The molecule has 2 heterocycles. The van der Waals surface area contributed by atoms with Gasteiger partial charge in [0.25, 0.3) is 0 Å². The Balaban J connectivity index is 1.45. The molecule has 0 aliphatic carbocycles. The molecule has 1 aliphatic rings. The number of aryl methyl sites for hydroxylation is 1. The van der Waals surface area contributed by atoms with E-state index in [4.69, 9.17) is 4.74 Å². The van der Waals surface area contributed by atoms with E-state index in [0.717, 1.165) is 23.4 Å². The summed E-state index contributed by atoms with van der Waals surface area (Å²) in [5.74, 6) is 0.945. The molecule has 3 rings (SSSR count). The molecule has 6 heteroatoms. The number of benzene rings is 1. The number of ether oxygens (including phenoxy) is 1. The topological polar surface area (TPSA) is 58.6 Å². The van der Waals surface area contributed by atoms with Gasteiger partial charge in [0.15, 0.2) is 0 Å². The van der Waals surface area contributed by atoms with Crippen molar-refractivity contribution in [1.29, 1.82) is 0 Å². The van der Waals surface area contributed by atoms with Crippen molar-refractivity contribution >= 4 is 28.8 Å². The summed E-state index contributed by atoms with van der Waals surface area (Å²) in [5.41, 5.74) is 1.96. The lowest BCUT2D eigenvalue weighted by Gasteiger charge is -2.20. The second kappa shape index (κ2) is 9.37. The van der Waals surface area contributed by atoms with Crippen LogP contribution >= 0.6 is 11.3 Å². The highest BCUT2D eigenvalue weighted by Gasteiger charge is 2.16. The van der Waals surface area contributed by atoms with Gasteiger partial charge in [-0.2, -0.15) is 0 Å². The van der Waals surface area contributed by atoms with Gasteiger partial charge in [-0.05, 0) is 48.1 Å². The zero-order chi connectivity index (χ0) is 19.1. The first-order valence-corrected chi connectivity index (χ1v) is 10.0. The molecule has 2 amide bonds. The van der Waals surface area contributed by atoms with Gasteiger partial charge in [0, 0.05) is 30.0 Å². The molecule has 0 radical (unpaired) electrons. The van der Waals surface area contributed by atoms with E-state index >= 15 is 0 Å². The van der Waals surface area contributed by atoms with Crippen LogP contribution in [-0.4, -0.2) is 29.9 Å². The number of anilines is 1. The Labute approximate surface area is 163 Å². The highest BCUT2D eigenvalue weighted by molar-refractivity contribution is 7.09. The normalized spacial score (nSPS) is 12.8. The fraction of sp³-hybridized carbons (Fsp3) is 0.333. The Morgan fingerprint density at radius 1 is 1.33 bits per heavy atom. The Kier molecular flexibility index (Phi) is 6.65. The molecule has 1 aromatic carbocycles. The molecular weight excluding hydrogens is 360 g/mol. The second-order valence-electron chi connectivity index (χ2n) is 6.46. The highest BCUT2D eigenvalue weighted by Crippen LogP contribution is 2.26. The molecule has 142 valence electrons. The van der Waals surface area contributed by atoms with E-state index in [2.05, 4.69) is 11.9 Å². The molecule has 2 aromatic rings. The molecule has 0 saturated heterocycles. The van der Waals surface area contributed by atoms with Crippen molar-refractivity contribution in [2.75, 3.05) is 18.5 Å². The van der Waals surface area contributed by atoms with Crippen LogP contribution in [0.15, 0.2) is 48.4 Å². The van der Waals surface area contributed by atoms with E-state index in [9.17, 15) is 9.59 Å². The number of rotatable bonds is 9. The monoisotopic (exact) mass is 384 g/mol. The number of hydrogen-bond donors (Lipinski definition) is 1. The van der Waals surface area contributed by atoms with Crippen molar-refractivity contribution in [1.82, 2.24) is 4.90 Å². The van der Waals surface area contributed by atoms with Gasteiger partial charge < -0.3 is 15.0 Å². The molecule has 0 bridgehead atoms. The lowest BCUT2D eigenvalue weighted by atomic mass is 10.0. The first-order valence-electron chi connectivity index (χ1n) is 9.12. The Morgan fingerprint density at radius 2 is 2.22 bits per heavy atom. The standard InChI is InChI=1S/C21H24N2O3S/c1-2-11-23(15-18-5-4-13-27-18)21(25)6-3-12-26-17-8-9-19-16(14-17)7-10-20(24)22-19/h2,4-5,8-9,13-14H,1,3,6-7,10-12,15H2,(H,22,24). The predicted molar refractivity (Wildman–Crippen MR) is 108 cm³/mol. The summed E-state index contributed by atoms with van der Waals surface area (Å²) >= 11 is 1.65. The van der Waals surface area contributed by atoms with E-state index in [0.29, 0.717) is 39.0 Å². The largest absolute Gasteiger partial charge is 0.494 e. The van der Waals surface area contributed by atoms with Gasteiger partial charge in [-0.25, -0.2) is 0 Å². The molecule has 0 spiro atoms. The van der Waals surface area contributed by atoms with E-state index in [1.165, 1.54) is 4.88 Å². The maximum atomic E-state index is 12.5. The van der Waals surface area contributed by atoms with Crippen LogP contribution in [0.4, 0.5) is 5.69 Å². The fourth-order valence-electron chi connectivity index (χ4n) is 3.02. The summed E-state index contributed by atoms with van der Waals surface area (Å²) in [4.78, 5) is 26.9. The zero-order valence-corrected chi connectivity index (χ0v) is 16.1. The van der Waals surface area contributed by atoms with Gasteiger partial charge in [0.2, 0.25) is 11.8 Å². The molecule has 0 saturated carbocycles. The van der Waals surface area contributed by atoms with E-state index in [1.807, 2.05) is 40.6 Å². The van der Waals surface area contributed by atoms with Gasteiger partial charge in [-0.3, -0.25) is 9.59 Å². The summed E-state index contributed by atoms with van der Waals surface area (Å²) in [6.07, 6.45) is 4.10. The zero-order valence-electron chi connectivity index (χ0n) is 15.3. The third-order valence-corrected chi connectivity index (χ3v) is 5.27. The fourth-order valence-corrected chi connectivity index (χ4v) is 3.74. The summed E-state index contributed by atoms with van der Waals surface area (Å²) < 4.78 is 5.79. The molecule has 27 heavy (non-hydrogen) atoms. The number of hydrogen-bond acceptors (Lipinski definition) is 4. The second-order valence-corrected chi connectivity index (χ2v) is 7.49. The molecule has 1 N–H and O–H groups in total. The number of thiophene rings is 1. The average molecular weight is 385 g/mol. The quantitative estimate of drug-likeness (QED) is 0.525. The van der Waals surface area contributed by atoms with E-state index in [1.54, 1.807) is 17.4 Å². The number of fused-ring (bicyclic) bond motifs is 1. The van der Waals surface area contributed by atoms with Gasteiger partial charge in [0.1, 0.15) is 5.75 Å². The van der Waals surface area contributed by atoms with Crippen LogP contribution in [0.25, 0.3) is 0 Å². The Bertz CT molecular complexity index is 802. The third kappa shape index (κ3) is 5.44. The van der Waals surface area contributed by atoms with Crippen molar-refractivity contribution < 1.29 is 14.3 Å². The summed E-state index contributed by atoms with van der Waals surface area (Å²) in [7, 11) is 0. The Hall–Kier alpha value is -2.60. The summed E-state index contributed by atoms with van der Waals surface area (Å²) in [5, 5.41) is 4.88. The van der Waals surface area contributed by atoms with Crippen LogP contribution in [0.5, 0.6) is 5.75 Å². The van der Waals surface area contributed by atoms with Crippen LogP contribution in [0.2, 0.25) is 0 Å². The van der Waals surface area contributed by atoms with Crippen molar-refractivity contribution in [2.24, 2.45) is 0 Å². The van der Waals surface area contributed by atoms with Gasteiger partial charge in [-0.15, -0.1) is 17.9 Å². The van der Waals surface area contributed by atoms with E-state index in [-0.39, 0.29) is 11.8 Å². The van der Waals surface area contributed by atoms with Crippen molar-refractivity contribution in [3.63, 3.8) is 0 Å². The minimum atomic E-state index is 0.0568. The van der Waals surface area contributed by atoms with Crippen LogP contribution in [0.3, 0.4) is 0 Å². The molecule has 1 aliphatic heterocycles. The Morgan fingerprint density at radius 3 is 3.00 bits per heavy atom. The van der Waals surface area contributed by atoms with Crippen molar-refractivity contribution in [3.8, 4) is 5.75 Å². The van der Waals surface area contributed by atoms with E-state index < -0.39 is 0 Å². The lowest BCUT2D eigenvalue weighted by molar-refractivity contribution is -0.131. The summed E-state index contributed by atoms with van der Waals surface area (Å²) in [6.45, 7) is 5.41. The first-order chi connectivity index (χ1) is 13.2. The number of carbonyl (C=O) groups excluding carboxylic acids is 2. The smallest absolute Gasteiger partial charge is 0.224 e. The van der Waals surface area contributed by atoms with Gasteiger partial charge in [-0.1, -0.05) is 12.1 Å². The summed E-state index contributed by atoms with van der Waals surface area (Å²) in [6, 6.07) is 9.73. The first kappa shape index (κ1) is 19.2. The molecule has 5 nitrogen and oxygen atoms in total. The van der Waals surface area contributed by atoms with Crippen LogP contribution in [0.1, 0.15) is 29.7 Å². The van der Waals surface area contributed by atoms with Crippen molar-refractivity contribution in [3.05, 3.63) is 58.8 Å². The van der Waals surface area contributed by atoms with Gasteiger partial charge >= 0.3 is 0 Å². The molecular formula is C21H24N2O3S. The van der Waals surface area contributed by atoms with Crippen molar-refractivity contribution in [2.45, 2.75) is 32.2 Å². The number of nitrogens with zero attached hydrogens (tertiary/aromatic N) is 1.